The van der Waals surface area contributed by atoms with Crippen molar-refractivity contribution in [1.29, 1.82) is 0 Å². The lowest BCUT2D eigenvalue weighted by Crippen LogP contribution is -2.49. The topological polar surface area (TPSA) is 70.1 Å². The molecule has 0 spiro atoms. The third-order valence-electron chi connectivity index (χ3n) is 3.69. The van der Waals surface area contributed by atoms with Gasteiger partial charge in [-0.3, -0.25) is 4.79 Å². The van der Waals surface area contributed by atoms with Crippen LogP contribution in [0.2, 0.25) is 0 Å². The van der Waals surface area contributed by atoms with Gasteiger partial charge in [0.15, 0.2) is 0 Å². The van der Waals surface area contributed by atoms with E-state index in [-0.39, 0.29) is 24.6 Å². The molecule has 0 radical (unpaired) electrons. The smallest absolute Gasteiger partial charge is 0.320 e. The Hall–Kier alpha value is -1.30. The highest BCUT2D eigenvalue weighted by Gasteiger charge is 2.27. The molecule has 0 bridgehead atoms. The van der Waals surface area contributed by atoms with Crippen LogP contribution in [-0.4, -0.2) is 65.3 Å². The molecule has 116 valence electrons. The molecule has 1 rings (SSSR count). The number of hydrogen-bond donors (Lipinski definition) is 1. The van der Waals surface area contributed by atoms with Crippen LogP contribution in [0.15, 0.2) is 0 Å². The second kappa shape index (κ2) is 8.09. The SMILES string of the molecule is CCN(CC1CCCO1)C(=O)N(CC)C(C)CC(=O)O. The van der Waals surface area contributed by atoms with Crippen molar-refractivity contribution in [3.8, 4) is 0 Å². The van der Waals surface area contributed by atoms with Crippen molar-refractivity contribution in [3.05, 3.63) is 0 Å². The maximum atomic E-state index is 12.5. The zero-order valence-electron chi connectivity index (χ0n) is 12.7. The number of rotatable bonds is 7. The van der Waals surface area contributed by atoms with Crippen LogP contribution >= 0.6 is 0 Å². The number of aliphatic carboxylic acids is 1. The van der Waals surface area contributed by atoms with Gasteiger partial charge in [-0.25, -0.2) is 4.79 Å². The molecule has 1 fully saturated rings. The maximum absolute atomic E-state index is 12.5. The molecular formula is C14H26N2O4. The predicted molar refractivity (Wildman–Crippen MR) is 75.7 cm³/mol. The van der Waals surface area contributed by atoms with Crippen molar-refractivity contribution in [2.45, 2.75) is 52.2 Å². The number of ether oxygens (including phenoxy) is 1. The van der Waals surface area contributed by atoms with E-state index in [9.17, 15) is 9.59 Å². The largest absolute Gasteiger partial charge is 0.481 e. The summed E-state index contributed by atoms with van der Waals surface area (Å²) in [4.78, 5) is 26.7. The van der Waals surface area contributed by atoms with Gasteiger partial charge in [0.05, 0.1) is 12.5 Å². The number of urea groups is 1. The molecule has 1 saturated heterocycles. The summed E-state index contributed by atoms with van der Waals surface area (Å²) in [5.74, 6) is -0.883. The maximum Gasteiger partial charge on any atom is 0.320 e. The lowest BCUT2D eigenvalue weighted by molar-refractivity contribution is -0.138. The van der Waals surface area contributed by atoms with Crippen LogP contribution in [0, 0.1) is 0 Å². The van der Waals surface area contributed by atoms with Crippen molar-refractivity contribution in [2.24, 2.45) is 0 Å². The number of carboxylic acids is 1. The van der Waals surface area contributed by atoms with E-state index < -0.39 is 5.97 Å². The molecule has 6 heteroatoms. The number of carboxylic acid groups (broad SMARTS) is 1. The van der Waals surface area contributed by atoms with Gasteiger partial charge in [-0.05, 0) is 33.6 Å². The number of carbonyl (C=O) groups excluding carboxylic acids is 1. The fourth-order valence-electron chi connectivity index (χ4n) is 2.56. The summed E-state index contributed by atoms with van der Waals surface area (Å²) in [6.07, 6.45) is 2.12. The van der Waals surface area contributed by atoms with Gasteiger partial charge in [0.2, 0.25) is 0 Å². The molecular weight excluding hydrogens is 260 g/mol. The Morgan fingerprint density at radius 2 is 2.05 bits per heavy atom. The fourth-order valence-corrected chi connectivity index (χ4v) is 2.56. The first kappa shape index (κ1) is 16.8. The van der Waals surface area contributed by atoms with E-state index in [1.54, 1.807) is 16.7 Å². The Morgan fingerprint density at radius 3 is 2.50 bits per heavy atom. The Morgan fingerprint density at radius 1 is 1.35 bits per heavy atom. The van der Waals surface area contributed by atoms with Crippen LogP contribution in [0.25, 0.3) is 0 Å². The minimum atomic E-state index is -0.883. The Bertz CT molecular complexity index is 329. The summed E-state index contributed by atoms with van der Waals surface area (Å²) in [5, 5.41) is 8.86. The van der Waals surface area contributed by atoms with Gasteiger partial charge < -0.3 is 19.6 Å². The standard InChI is InChI=1S/C14H26N2O4/c1-4-15(10-12-7-6-8-20-12)14(19)16(5-2)11(3)9-13(17)18/h11-12H,4-10H2,1-3H3,(H,17,18). The van der Waals surface area contributed by atoms with Crippen LogP contribution in [0.5, 0.6) is 0 Å². The van der Waals surface area contributed by atoms with Gasteiger partial charge in [0.1, 0.15) is 0 Å². The van der Waals surface area contributed by atoms with Crippen molar-refractivity contribution < 1.29 is 19.4 Å². The molecule has 1 aliphatic rings. The molecule has 1 aliphatic heterocycles. The molecule has 0 aliphatic carbocycles. The molecule has 2 unspecified atom stereocenters. The normalized spacial score (nSPS) is 19.6. The van der Waals surface area contributed by atoms with E-state index in [0.29, 0.717) is 19.6 Å². The van der Waals surface area contributed by atoms with Crippen LogP contribution < -0.4 is 0 Å². The minimum Gasteiger partial charge on any atom is -0.481 e. The average molecular weight is 286 g/mol. The summed E-state index contributed by atoms with van der Waals surface area (Å²) in [5.41, 5.74) is 0. The highest BCUT2D eigenvalue weighted by Crippen LogP contribution is 2.15. The number of carbonyl (C=O) groups is 2. The molecule has 0 aromatic heterocycles. The van der Waals surface area contributed by atoms with Crippen molar-refractivity contribution in [2.75, 3.05) is 26.2 Å². The highest BCUT2D eigenvalue weighted by atomic mass is 16.5. The molecule has 2 amide bonds. The predicted octanol–water partition coefficient (Wildman–Crippen LogP) is 1.79. The number of nitrogens with zero attached hydrogens (tertiary/aromatic N) is 2. The summed E-state index contributed by atoms with van der Waals surface area (Å²) in [6.45, 7) is 8.05. The Kier molecular flexibility index (Phi) is 6.78. The van der Waals surface area contributed by atoms with E-state index in [2.05, 4.69) is 0 Å². The summed E-state index contributed by atoms with van der Waals surface area (Å²) < 4.78 is 5.57. The zero-order valence-corrected chi connectivity index (χ0v) is 12.7. The molecule has 0 aromatic carbocycles. The fraction of sp³-hybridized carbons (Fsp3) is 0.857. The second-order valence-electron chi connectivity index (χ2n) is 5.19. The summed E-state index contributed by atoms with van der Waals surface area (Å²) in [7, 11) is 0. The summed E-state index contributed by atoms with van der Waals surface area (Å²) in [6, 6.07) is -0.400. The molecule has 20 heavy (non-hydrogen) atoms. The van der Waals surface area contributed by atoms with Gasteiger partial charge in [-0.2, -0.15) is 0 Å². The number of hydrogen-bond acceptors (Lipinski definition) is 3. The van der Waals surface area contributed by atoms with Crippen molar-refractivity contribution in [1.82, 2.24) is 9.80 Å². The van der Waals surface area contributed by atoms with E-state index in [1.165, 1.54) is 0 Å². The lowest BCUT2D eigenvalue weighted by atomic mass is 10.2. The van der Waals surface area contributed by atoms with Gasteiger partial charge in [-0.1, -0.05) is 0 Å². The van der Waals surface area contributed by atoms with Gasteiger partial charge in [-0.15, -0.1) is 0 Å². The van der Waals surface area contributed by atoms with E-state index in [0.717, 1.165) is 19.4 Å². The molecule has 0 aromatic rings. The van der Waals surface area contributed by atoms with E-state index in [4.69, 9.17) is 9.84 Å². The van der Waals surface area contributed by atoms with E-state index in [1.807, 2.05) is 13.8 Å². The second-order valence-corrected chi connectivity index (χ2v) is 5.19. The third-order valence-corrected chi connectivity index (χ3v) is 3.69. The number of amides is 2. The lowest BCUT2D eigenvalue weighted by Gasteiger charge is -2.34. The van der Waals surface area contributed by atoms with Gasteiger partial charge in [0, 0.05) is 32.3 Å². The highest BCUT2D eigenvalue weighted by molar-refractivity contribution is 5.76. The molecule has 1 heterocycles. The first-order valence-corrected chi connectivity index (χ1v) is 7.38. The quantitative estimate of drug-likeness (QED) is 0.774. The summed E-state index contributed by atoms with van der Waals surface area (Å²) >= 11 is 0. The molecule has 1 N–H and O–H groups in total. The van der Waals surface area contributed by atoms with Gasteiger partial charge in [0.25, 0.3) is 0 Å². The first-order chi connectivity index (χ1) is 9.49. The number of likely N-dealkylation sites (N-methyl/N-ethyl adjacent to an activating group) is 1. The first-order valence-electron chi connectivity index (χ1n) is 7.38. The van der Waals surface area contributed by atoms with Gasteiger partial charge >= 0.3 is 12.0 Å². The van der Waals surface area contributed by atoms with Crippen molar-refractivity contribution >= 4 is 12.0 Å². The minimum absolute atomic E-state index is 0.0307. The molecule has 6 nitrogen and oxygen atoms in total. The van der Waals surface area contributed by atoms with Crippen molar-refractivity contribution in [3.63, 3.8) is 0 Å². The Labute approximate surface area is 120 Å². The monoisotopic (exact) mass is 286 g/mol. The van der Waals surface area contributed by atoms with Crippen LogP contribution in [-0.2, 0) is 9.53 Å². The molecule has 0 saturated carbocycles. The van der Waals surface area contributed by atoms with Crippen LogP contribution in [0.3, 0.4) is 0 Å². The Balaban J connectivity index is 2.63. The van der Waals surface area contributed by atoms with Crippen LogP contribution in [0.4, 0.5) is 4.79 Å². The zero-order chi connectivity index (χ0) is 15.1. The average Bonchev–Trinajstić information content (AvgIpc) is 2.88. The third kappa shape index (κ3) is 4.67. The van der Waals surface area contributed by atoms with Crippen LogP contribution in [0.1, 0.15) is 40.0 Å². The van der Waals surface area contributed by atoms with E-state index >= 15 is 0 Å². The molecule has 2 atom stereocenters.